The number of halogens is 1. The molecule has 1 aliphatic rings. The Kier molecular flexibility index (Phi) is 2.95. The molecule has 1 aliphatic carbocycles. The number of carbonyl (C=O) groups is 1. The molecular formula is C10H13ClN2O2. The molecule has 0 bridgehead atoms. The van der Waals surface area contributed by atoms with E-state index in [2.05, 4.69) is 5.10 Å². The summed E-state index contributed by atoms with van der Waals surface area (Å²) in [6.45, 7) is 0. The van der Waals surface area contributed by atoms with E-state index < -0.39 is 5.97 Å². The topological polar surface area (TPSA) is 55.1 Å². The van der Waals surface area contributed by atoms with Crippen LogP contribution < -0.4 is 0 Å². The number of hydrogen-bond acceptors (Lipinski definition) is 2. The normalized spacial score (nSPS) is 26.5. The summed E-state index contributed by atoms with van der Waals surface area (Å²) in [5.74, 6) is -1.09. The molecule has 2 atom stereocenters. The van der Waals surface area contributed by atoms with Crippen molar-refractivity contribution in [2.24, 2.45) is 5.92 Å². The van der Waals surface area contributed by atoms with Gasteiger partial charge >= 0.3 is 5.97 Å². The van der Waals surface area contributed by atoms with Gasteiger partial charge in [-0.15, -0.1) is 0 Å². The number of carboxylic acids is 1. The second kappa shape index (κ2) is 4.23. The third-order valence-corrected chi connectivity index (χ3v) is 3.28. The van der Waals surface area contributed by atoms with Gasteiger partial charge in [0.15, 0.2) is 0 Å². The maximum absolute atomic E-state index is 11.1. The SMILES string of the molecule is O=C(O)C1CCCCC1n1nccc1Cl. The van der Waals surface area contributed by atoms with Crippen LogP contribution in [0, 0.1) is 5.92 Å². The van der Waals surface area contributed by atoms with Crippen LogP contribution in [0.1, 0.15) is 31.7 Å². The lowest BCUT2D eigenvalue weighted by Gasteiger charge is -2.29. The number of aliphatic carboxylic acids is 1. The van der Waals surface area contributed by atoms with Crippen LogP contribution >= 0.6 is 11.6 Å². The summed E-state index contributed by atoms with van der Waals surface area (Å²) in [5, 5.41) is 13.7. The maximum atomic E-state index is 11.1. The minimum Gasteiger partial charge on any atom is -0.481 e. The van der Waals surface area contributed by atoms with Crippen molar-refractivity contribution in [1.29, 1.82) is 0 Å². The minimum atomic E-state index is -0.744. The lowest BCUT2D eigenvalue weighted by molar-refractivity contribution is -0.144. The number of aromatic nitrogens is 2. The van der Waals surface area contributed by atoms with E-state index in [1.165, 1.54) is 0 Å². The van der Waals surface area contributed by atoms with Gasteiger partial charge in [-0.1, -0.05) is 24.4 Å². The second-order valence-electron chi connectivity index (χ2n) is 3.90. The first-order valence-corrected chi connectivity index (χ1v) is 5.50. The fourth-order valence-electron chi connectivity index (χ4n) is 2.23. The second-order valence-corrected chi connectivity index (χ2v) is 4.28. The Morgan fingerprint density at radius 3 is 2.87 bits per heavy atom. The number of nitrogens with zero attached hydrogens (tertiary/aromatic N) is 2. The van der Waals surface area contributed by atoms with E-state index in [-0.39, 0.29) is 12.0 Å². The van der Waals surface area contributed by atoms with Crippen molar-refractivity contribution in [2.75, 3.05) is 0 Å². The summed E-state index contributed by atoms with van der Waals surface area (Å²) in [5.41, 5.74) is 0. The van der Waals surface area contributed by atoms with Crippen molar-refractivity contribution >= 4 is 17.6 Å². The van der Waals surface area contributed by atoms with Crippen LogP contribution in [-0.2, 0) is 4.79 Å². The van der Waals surface area contributed by atoms with E-state index in [0.717, 1.165) is 25.7 Å². The smallest absolute Gasteiger partial charge is 0.308 e. The largest absolute Gasteiger partial charge is 0.481 e. The van der Waals surface area contributed by atoms with Crippen LogP contribution in [0.4, 0.5) is 0 Å². The van der Waals surface area contributed by atoms with Gasteiger partial charge in [-0.25, -0.2) is 0 Å². The molecule has 1 heterocycles. The average Bonchev–Trinajstić information content (AvgIpc) is 2.64. The van der Waals surface area contributed by atoms with Gasteiger partial charge in [0.25, 0.3) is 0 Å². The van der Waals surface area contributed by atoms with Crippen LogP contribution in [-0.4, -0.2) is 20.9 Å². The van der Waals surface area contributed by atoms with Crippen molar-refractivity contribution in [3.63, 3.8) is 0 Å². The Balaban J connectivity index is 2.25. The van der Waals surface area contributed by atoms with E-state index >= 15 is 0 Å². The first kappa shape index (κ1) is 10.5. The fraction of sp³-hybridized carbons (Fsp3) is 0.600. The molecule has 1 saturated carbocycles. The zero-order chi connectivity index (χ0) is 10.8. The summed E-state index contributed by atoms with van der Waals surface area (Å²) >= 11 is 5.95. The third-order valence-electron chi connectivity index (χ3n) is 2.98. The maximum Gasteiger partial charge on any atom is 0.308 e. The molecule has 0 radical (unpaired) electrons. The van der Waals surface area contributed by atoms with Crippen molar-refractivity contribution in [3.05, 3.63) is 17.4 Å². The lowest BCUT2D eigenvalue weighted by atomic mass is 9.85. The molecule has 1 aromatic heterocycles. The third kappa shape index (κ3) is 2.00. The number of carboxylic acid groups (broad SMARTS) is 1. The number of hydrogen-bond donors (Lipinski definition) is 1. The Hall–Kier alpha value is -1.03. The van der Waals surface area contributed by atoms with Crippen LogP contribution in [0.25, 0.3) is 0 Å². The van der Waals surface area contributed by atoms with Crippen molar-refractivity contribution in [3.8, 4) is 0 Å². The van der Waals surface area contributed by atoms with E-state index in [4.69, 9.17) is 16.7 Å². The summed E-state index contributed by atoms with van der Waals surface area (Å²) in [7, 11) is 0. The molecule has 0 aliphatic heterocycles. The van der Waals surface area contributed by atoms with E-state index in [1.807, 2.05) is 0 Å². The lowest BCUT2D eigenvalue weighted by Crippen LogP contribution is -2.30. The standard InChI is InChI=1S/C10H13ClN2O2/c11-9-5-6-12-13(9)8-4-2-1-3-7(8)10(14)15/h5-8H,1-4H2,(H,14,15). The summed E-state index contributed by atoms with van der Waals surface area (Å²) in [4.78, 5) is 11.1. The molecule has 1 aromatic rings. The van der Waals surface area contributed by atoms with Crippen molar-refractivity contribution in [2.45, 2.75) is 31.7 Å². The first-order valence-electron chi connectivity index (χ1n) is 5.12. The Morgan fingerprint density at radius 2 is 2.27 bits per heavy atom. The van der Waals surface area contributed by atoms with Crippen molar-refractivity contribution < 1.29 is 9.90 Å². The molecule has 2 unspecified atom stereocenters. The molecule has 15 heavy (non-hydrogen) atoms. The van der Waals surface area contributed by atoms with E-state index in [9.17, 15) is 4.79 Å². The molecule has 2 rings (SSSR count). The highest BCUT2D eigenvalue weighted by Crippen LogP contribution is 2.35. The summed E-state index contributed by atoms with van der Waals surface area (Å²) in [6.07, 6.45) is 5.20. The summed E-state index contributed by atoms with van der Waals surface area (Å²) in [6, 6.07) is 1.61. The highest BCUT2D eigenvalue weighted by atomic mass is 35.5. The molecule has 1 fully saturated rings. The van der Waals surface area contributed by atoms with Gasteiger partial charge in [-0.05, 0) is 18.9 Å². The highest BCUT2D eigenvalue weighted by Gasteiger charge is 2.33. The van der Waals surface area contributed by atoms with Gasteiger partial charge in [0, 0.05) is 0 Å². The van der Waals surface area contributed by atoms with Gasteiger partial charge in [-0.3, -0.25) is 9.48 Å². The van der Waals surface area contributed by atoms with Crippen LogP contribution in [0.3, 0.4) is 0 Å². The molecule has 1 N–H and O–H groups in total. The molecule has 4 nitrogen and oxygen atoms in total. The zero-order valence-electron chi connectivity index (χ0n) is 8.27. The minimum absolute atomic E-state index is 0.0845. The van der Waals surface area contributed by atoms with Crippen LogP contribution in [0.5, 0.6) is 0 Å². The van der Waals surface area contributed by atoms with E-state index in [0.29, 0.717) is 5.15 Å². The molecule has 0 aromatic carbocycles. The van der Waals surface area contributed by atoms with Gasteiger partial charge in [0.1, 0.15) is 5.15 Å². The first-order chi connectivity index (χ1) is 7.20. The Labute approximate surface area is 92.8 Å². The highest BCUT2D eigenvalue weighted by molar-refractivity contribution is 6.29. The predicted octanol–water partition coefficient (Wildman–Crippen LogP) is 2.35. The van der Waals surface area contributed by atoms with Crippen LogP contribution in [0.15, 0.2) is 12.3 Å². The Bertz CT molecular complexity index is 364. The van der Waals surface area contributed by atoms with Gasteiger partial charge in [0.05, 0.1) is 18.2 Å². The predicted molar refractivity (Wildman–Crippen MR) is 55.9 cm³/mol. The van der Waals surface area contributed by atoms with E-state index in [1.54, 1.807) is 16.9 Å². The fourth-order valence-corrected chi connectivity index (χ4v) is 2.46. The van der Waals surface area contributed by atoms with Gasteiger partial charge in [0.2, 0.25) is 0 Å². The zero-order valence-corrected chi connectivity index (χ0v) is 9.02. The van der Waals surface area contributed by atoms with Crippen molar-refractivity contribution in [1.82, 2.24) is 9.78 Å². The molecule has 0 spiro atoms. The molecule has 5 heteroatoms. The molecule has 0 saturated heterocycles. The Morgan fingerprint density at radius 1 is 1.53 bits per heavy atom. The van der Waals surface area contributed by atoms with Crippen LogP contribution in [0.2, 0.25) is 5.15 Å². The van der Waals surface area contributed by atoms with Gasteiger partial charge in [-0.2, -0.15) is 5.10 Å². The molecule has 82 valence electrons. The van der Waals surface area contributed by atoms with Gasteiger partial charge < -0.3 is 5.11 Å². The molecular weight excluding hydrogens is 216 g/mol. The quantitative estimate of drug-likeness (QED) is 0.846. The monoisotopic (exact) mass is 228 g/mol. The average molecular weight is 229 g/mol. The summed E-state index contributed by atoms with van der Waals surface area (Å²) < 4.78 is 1.64. The number of rotatable bonds is 2. The molecule has 0 amide bonds.